The van der Waals surface area contributed by atoms with Gasteiger partial charge in [0.05, 0.1) is 22.3 Å². The largest absolute Gasteiger partial charge is 0.307 e. The number of nitrogens with zero attached hydrogens (tertiary/aromatic N) is 6. The van der Waals surface area contributed by atoms with Crippen molar-refractivity contribution in [1.82, 2.24) is 28.5 Å². The fourth-order valence-corrected chi connectivity index (χ4v) is 5.19. The molecule has 2 aromatic carbocycles. The number of pyridine rings is 1. The van der Waals surface area contributed by atoms with Gasteiger partial charge in [0.15, 0.2) is 5.16 Å². The van der Waals surface area contributed by atoms with Crippen molar-refractivity contribution in [3.05, 3.63) is 99.7 Å². The van der Waals surface area contributed by atoms with Gasteiger partial charge in [-0.05, 0) is 61.7 Å². The van der Waals surface area contributed by atoms with E-state index in [9.17, 15) is 4.79 Å². The number of rotatable bonds is 4. The molecule has 0 unspecified atom stereocenters. The number of hydrogen-bond acceptors (Lipinski definition) is 5. The smallest absolute Gasteiger partial charge is 0.267 e. The van der Waals surface area contributed by atoms with Crippen LogP contribution in [0.3, 0.4) is 0 Å². The van der Waals surface area contributed by atoms with Crippen molar-refractivity contribution in [3.63, 3.8) is 0 Å². The van der Waals surface area contributed by atoms with Gasteiger partial charge in [-0.2, -0.15) is 0 Å². The Hall–Kier alpha value is -3.91. The second-order valence-electron chi connectivity index (χ2n) is 8.51. The number of fused-ring (bicyclic) bond motifs is 4. The Balaban J connectivity index is 1.52. The van der Waals surface area contributed by atoms with Gasteiger partial charge in [0.1, 0.15) is 5.65 Å². The Morgan fingerprint density at radius 2 is 1.79 bits per heavy atom. The molecule has 0 fully saturated rings. The molecule has 6 rings (SSSR count). The average molecular weight is 467 g/mol. The summed E-state index contributed by atoms with van der Waals surface area (Å²) in [4.78, 5) is 18.4. The van der Waals surface area contributed by atoms with Gasteiger partial charge in [0, 0.05) is 18.1 Å². The van der Waals surface area contributed by atoms with Gasteiger partial charge in [-0.15, -0.1) is 10.2 Å². The number of aryl methyl sites for hydroxylation is 3. The zero-order chi connectivity index (χ0) is 23.4. The van der Waals surface area contributed by atoms with E-state index in [1.54, 1.807) is 16.3 Å². The molecule has 168 valence electrons. The molecule has 0 atom stereocenters. The van der Waals surface area contributed by atoms with E-state index in [4.69, 9.17) is 4.98 Å². The molecule has 0 bridgehead atoms. The van der Waals surface area contributed by atoms with Crippen molar-refractivity contribution in [2.24, 2.45) is 0 Å². The minimum Gasteiger partial charge on any atom is -0.307 e. The third-order valence-electron chi connectivity index (χ3n) is 6.08. The SMILES string of the molecule is Cc1ccc(C)c(-n2c(=O)c3ccccc3n3c(SCc4cn5cccc(C)c5n4)nnc23)c1. The van der Waals surface area contributed by atoms with Crippen LogP contribution in [-0.4, -0.2) is 28.5 Å². The lowest BCUT2D eigenvalue weighted by molar-refractivity contribution is 0.927. The number of aromatic nitrogens is 6. The number of para-hydroxylation sites is 1. The van der Waals surface area contributed by atoms with Gasteiger partial charge >= 0.3 is 0 Å². The Bertz CT molecular complexity index is 1780. The van der Waals surface area contributed by atoms with E-state index < -0.39 is 0 Å². The molecule has 8 heteroatoms. The lowest BCUT2D eigenvalue weighted by Gasteiger charge is -2.13. The standard InChI is InChI=1S/C26H22N6OS/c1-16-10-11-17(2)22(13-16)31-24(33)20-8-4-5-9-21(20)32-25(31)28-29-26(32)34-15-19-14-30-12-6-7-18(3)23(30)27-19/h4-14H,15H2,1-3H3. The summed E-state index contributed by atoms with van der Waals surface area (Å²) in [5.74, 6) is 1.14. The van der Waals surface area contributed by atoms with Crippen LogP contribution < -0.4 is 5.56 Å². The first kappa shape index (κ1) is 20.7. The van der Waals surface area contributed by atoms with Crippen molar-refractivity contribution in [1.29, 1.82) is 0 Å². The van der Waals surface area contributed by atoms with E-state index in [2.05, 4.69) is 23.2 Å². The van der Waals surface area contributed by atoms with Crippen molar-refractivity contribution in [3.8, 4) is 5.69 Å². The summed E-state index contributed by atoms with van der Waals surface area (Å²) in [6.45, 7) is 6.09. The summed E-state index contributed by atoms with van der Waals surface area (Å²) in [6, 6.07) is 17.8. The molecule has 0 radical (unpaired) electrons. The minimum atomic E-state index is -0.100. The van der Waals surface area contributed by atoms with Crippen molar-refractivity contribution >= 4 is 34.1 Å². The molecule has 34 heavy (non-hydrogen) atoms. The van der Waals surface area contributed by atoms with Gasteiger partial charge in [-0.1, -0.05) is 42.1 Å². The molecule has 0 aliphatic carbocycles. The maximum absolute atomic E-state index is 13.6. The number of thioether (sulfide) groups is 1. The topological polar surface area (TPSA) is 69.5 Å². The molecule has 0 amide bonds. The minimum absolute atomic E-state index is 0.100. The van der Waals surface area contributed by atoms with Gasteiger partial charge in [0.25, 0.3) is 5.56 Å². The molecule has 0 aliphatic rings. The van der Waals surface area contributed by atoms with E-state index >= 15 is 0 Å². The summed E-state index contributed by atoms with van der Waals surface area (Å²) >= 11 is 1.56. The number of benzene rings is 2. The lowest BCUT2D eigenvalue weighted by atomic mass is 10.1. The molecule has 0 spiro atoms. The Morgan fingerprint density at radius 3 is 2.65 bits per heavy atom. The predicted molar refractivity (Wildman–Crippen MR) is 135 cm³/mol. The van der Waals surface area contributed by atoms with Gasteiger partial charge in [0.2, 0.25) is 5.78 Å². The van der Waals surface area contributed by atoms with Crippen LogP contribution in [0.5, 0.6) is 0 Å². The maximum Gasteiger partial charge on any atom is 0.267 e. The van der Waals surface area contributed by atoms with E-state index in [-0.39, 0.29) is 5.56 Å². The molecule has 4 heterocycles. The lowest BCUT2D eigenvalue weighted by Crippen LogP contribution is -2.22. The monoisotopic (exact) mass is 466 g/mol. The zero-order valence-corrected chi connectivity index (χ0v) is 19.9. The fourth-order valence-electron chi connectivity index (χ4n) is 4.36. The fraction of sp³-hybridized carbons (Fsp3) is 0.154. The molecule has 0 saturated heterocycles. The van der Waals surface area contributed by atoms with Crippen LogP contribution in [-0.2, 0) is 5.75 Å². The zero-order valence-electron chi connectivity index (χ0n) is 19.1. The number of imidazole rings is 1. The van der Waals surface area contributed by atoms with Crippen molar-refractivity contribution in [2.45, 2.75) is 31.7 Å². The summed E-state index contributed by atoms with van der Waals surface area (Å²) < 4.78 is 5.70. The van der Waals surface area contributed by atoms with Gasteiger partial charge in [-0.25, -0.2) is 9.55 Å². The average Bonchev–Trinajstić information content (AvgIpc) is 3.45. The second kappa shape index (κ2) is 7.85. The van der Waals surface area contributed by atoms with Crippen LogP contribution in [0, 0.1) is 20.8 Å². The predicted octanol–water partition coefficient (Wildman–Crippen LogP) is 4.90. The third kappa shape index (κ3) is 3.21. The van der Waals surface area contributed by atoms with Crippen LogP contribution in [0.1, 0.15) is 22.4 Å². The first-order valence-electron chi connectivity index (χ1n) is 11.0. The Morgan fingerprint density at radius 1 is 0.941 bits per heavy atom. The van der Waals surface area contributed by atoms with Gasteiger partial charge < -0.3 is 4.40 Å². The van der Waals surface area contributed by atoms with Crippen LogP contribution in [0.25, 0.3) is 28.0 Å². The molecule has 6 aromatic rings. The van der Waals surface area contributed by atoms with E-state index in [1.807, 2.05) is 83.6 Å². The summed E-state index contributed by atoms with van der Waals surface area (Å²) in [5, 5.41) is 10.3. The normalized spacial score (nSPS) is 11.7. The van der Waals surface area contributed by atoms with Crippen molar-refractivity contribution < 1.29 is 0 Å². The van der Waals surface area contributed by atoms with Crippen LogP contribution >= 0.6 is 11.8 Å². The summed E-state index contributed by atoms with van der Waals surface area (Å²) in [5.41, 5.74) is 6.65. The quantitative estimate of drug-likeness (QED) is 0.346. The summed E-state index contributed by atoms with van der Waals surface area (Å²) in [6.07, 6.45) is 4.05. The highest BCUT2D eigenvalue weighted by Crippen LogP contribution is 2.27. The van der Waals surface area contributed by atoms with Crippen molar-refractivity contribution in [2.75, 3.05) is 0 Å². The Kier molecular flexibility index (Phi) is 4.77. The number of hydrogen-bond donors (Lipinski definition) is 0. The highest BCUT2D eigenvalue weighted by molar-refractivity contribution is 7.98. The highest BCUT2D eigenvalue weighted by Gasteiger charge is 2.19. The highest BCUT2D eigenvalue weighted by atomic mass is 32.2. The van der Waals surface area contributed by atoms with E-state index in [1.165, 1.54) is 0 Å². The first-order chi connectivity index (χ1) is 16.5. The first-order valence-corrected chi connectivity index (χ1v) is 12.0. The molecule has 7 nitrogen and oxygen atoms in total. The molecule has 4 aromatic heterocycles. The maximum atomic E-state index is 13.6. The third-order valence-corrected chi connectivity index (χ3v) is 7.04. The van der Waals surface area contributed by atoms with Gasteiger partial charge in [-0.3, -0.25) is 9.20 Å². The molecule has 0 aliphatic heterocycles. The van der Waals surface area contributed by atoms with Crippen LogP contribution in [0.15, 0.2) is 76.9 Å². The molecular formula is C26H22N6OS. The second-order valence-corrected chi connectivity index (χ2v) is 9.45. The van der Waals surface area contributed by atoms with Crippen LogP contribution in [0.4, 0.5) is 0 Å². The molecule has 0 N–H and O–H groups in total. The van der Waals surface area contributed by atoms with Crippen LogP contribution in [0.2, 0.25) is 0 Å². The van der Waals surface area contributed by atoms with E-state index in [0.29, 0.717) is 16.9 Å². The molecular weight excluding hydrogens is 444 g/mol. The molecule has 0 saturated carbocycles. The summed E-state index contributed by atoms with van der Waals surface area (Å²) in [7, 11) is 0. The van der Waals surface area contributed by atoms with E-state index in [0.717, 1.165) is 44.4 Å². The Labute approximate surface area is 199 Å².